The Kier molecular flexibility index (Phi) is 3.05. The number of halogens is 1. The SMILES string of the molecule is COc1ccc2c(ccn2C)c1CS(=O)(=O)Cl. The van der Waals surface area contributed by atoms with Gasteiger partial charge in [-0.05, 0) is 18.2 Å². The van der Waals surface area contributed by atoms with E-state index in [1.807, 2.05) is 29.9 Å². The van der Waals surface area contributed by atoms with Crippen molar-refractivity contribution in [2.45, 2.75) is 5.75 Å². The molecule has 0 saturated carbocycles. The van der Waals surface area contributed by atoms with Gasteiger partial charge < -0.3 is 9.30 Å². The summed E-state index contributed by atoms with van der Waals surface area (Å²) in [6, 6.07) is 5.49. The van der Waals surface area contributed by atoms with Crippen LogP contribution >= 0.6 is 10.7 Å². The van der Waals surface area contributed by atoms with Crippen LogP contribution < -0.4 is 4.74 Å². The molecule has 1 aromatic carbocycles. The Hall–Kier alpha value is -1.20. The number of nitrogens with zero attached hydrogens (tertiary/aromatic N) is 1. The molecule has 0 N–H and O–H groups in total. The van der Waals surface area contributed by atoms with E-state index >= 15 is 0 Å². The maximum Gasteiger partial charge on any atom is 0.236 e. The van der Waals surface area contributed by atoms with Gasteiger partial charge in [0.05, 0.1) is 12.9 Å². The summed E-state index contributed by atoms with van der Waals surface area (Å²) in [5, 5.41) is 0.844. The zero-order chi connectivity index (χ0) is 12.6. The van der Waals surface area contributed by atoms with E-state index in [-0.39, 0.29) is 5.75 Å². The number of rotatable bonds is 3. The Morgan fingerprint density at radius 1 is 1.35 bits per heavy atom. The minimum atomic E-state index is -3.61. The average Bonchev–Trinajstić information content (AvgIpc) is 2.59. The normalized spacial score (nSPS) is 11.9. The number of ether oxygens (including phenoxy) is 1. The third kappa shape index (κ3) is 2.40. The first-order valence-corrected chi connectivity index (χ1v) is 7.43. The van der Waals surface area contributed by atoms with Crippen molar-refractivity contribution in [2.75, 3.05) is 7.11 Å². The van der Waals surface area contributed by atoms with Gasteiger partial charge in [0.1, 0.15) is 5.75 Å². The van der Waals surface area contributed by atoms with Crippen LogP contribution in [0.4, 0.5) is 0 Å². The molecule has 2 rings (SSSR count). The largest absolute Gasteiger partial charge is 0.496 e. The standard InChI is InChI=1S/C11H12ClNO3S/c1-13-6-5-8-9(7-17(12,14)15)11(16-2)4-3-10(8)13/h3-6H,7H2,1-2H3. The van der Waals surface area contributed by atoms with Crippen LogP contribution in [-0.4, -0.2) is 20.1 Å². The lowest BCUT2D eigenvalue weighted by Gasteiger charge is -2.09. The molecule has 1 aromatic heterocycles. The average molecular weight is 274 g/mol. The van der Waals surface area contributed by atoms with Gasteiger partial charge in [-0.25, -0.2) is 8.42 Å². The van der Waals surface area contributed by atoms with E-state index in [0.717, 1.165) is 10.9 Å². The van der Waals surface area contributed by atoms with Crippen molar-refractivity contribution in [1.29, 1.82) is 0 Å². The van der Waals surface area contributed by atoms with Crippen LogP contribution in [0, 0.1) is 0 Å². The molecule has 2 aromatic rings. The molecule has 0 atom stereocenters. The van der Waals surface area contributed by atoms with Crippen LogP contribution in [0.2, 0.25) is 0 Å². The van der Waals surface area contributed by atoms with Gasteiger partial charge in [0.15, 0.2) is 0 Å². The lowest BCUT2D eigenvalue weighted by atomic mass is 10.1. The highest BCUT2D eigenvalue weighted by atomic mass is 35.7. The number of hydrogen-bond acceptors (Lipinski definition) is 3. The Labute approximate surface area is 104 Å². The molecule has 0 saturated heterocycles. The monoisotopic (exact) mass is 273 g/mol. The van der Waals surface area contributed by atoms with Crippen LogP contribution in [0.25, 0.3) is 10.9 Å². The Balaban J connectivity index is 2.71. The number of aryl methyl sites for hydroxylation is 1. The topological polar surface area (TPSA) is 48.3 Å². The number of aromatic nitrogens is 1. The number of hydrogen-bond donors (Lipinski definition) is 0. The smallest absolute Gasteiger partial charge is 0.236 e. The van der Waals surface area contributed by atoms with Crippen molar-refractivity contribution in [3.8, 4) is 5.75 Å². The van der Waals surface area contributed by atoms with E-state index in [0.29, 0.717) is 11.3 Å². The molecule has 92 valence electrons. The Bertz CT molecular complexity index is 661. The molecule has 17 heavy (non-hydrogen) atoms. The molecule has 0 aliphatic carbocycles. The minimum absolute atomic E-state index is 0.237. The summed E-state index contributed by atoms with van der Waals surface area (Å²) >= 11 is 0. The van der Waals surface area contributed by atoms with E-state index < -0.39 is 9.05 Å². The van der Waals surface area contributed by atoms with Crippen LogP contribution in [0.5, 0.6) is 5.75 Å². The molecule has 0 unspecified atom stereocenters. The fourth-order valence-corrected chi connectivity index (χ4v) is 2.87. The number of fused-ring (bicyclic) bond motifs is 1. The molecule has 0 spiro atoms. The third-order valence-corrected chi connectivity index (χ3v) is 3.63. The fraction of sp³-hybridized carbons (Fsp3) is 0.273. The van der Waals surface area contributed by atoms with Crippen molar-refractivity contribution in [3.05, 3.63) is 30.0 Å². The van der Waals surface area contributed by atoms with Crippen LogP contribution in [0.3, 0.4) is 0 Å². The van der Waals surface area contributed by atoms with Crippen LogP contribution in [-0.2, 0) is 21.9 Å². The third-order valence-electron chi connectivity index (χ3n) is 2.67. The first-order valence-electron chi connectivity index (χ1n) is 4.95. The van der Waals surface area contributed by atoms with Gasteiger partial charge in [0.2, 0.25) is 9.05 Å². The van der Waals surface area contributed by atoms with E-state index in [4.69, 9.17) is 15.4 Å². The van der Waals surface area contributed by atoms with E-state index in [2.05, 4.69) is 0 Å². The van der Waals surface area contributed by atoms with E-state index in [9.17, 15) is 8.42 Å². The summed E-state index contributed by atoms with van der Waals surface area (Å²) in [5.74, 6) is 0.298. The Morgan fingerprint density at radius 2 is 2.06 bits per heavy atom. The molecule has 0 radical (unpaired) electrons. The molecule has 1 heterocycles. The highest BCUT2D eigenvalue weighted by molar-refractivity contribution is 8.13. The van der Waals surface area contributed by atoms with Gasteiger partial charge in [0, 0.05) is 40.4 Å². The van der Waals surface area contributed by atoms with Gasteiger partial charge in [-0.1, -0.05) is 0 Å². The fourth-order valence-electron chi connectivity index (χ4n) is 1.91. The van der Waals surface area contributed by atoms with Crippen molar-refractivity contribution >= 4 is 30.6 Å². The summed E-state index contributed by atoms with van der Waals surface area (Å²) < 4.78 is 29.5. The van der Waals surface area contributed by atoms with Crippen molar-refractivity contribution < 1.29 is 13.2 Å². The molecule has 6 heteroatoms. The molecule has 0 fully saturated rings. The molecule has 0 bridgehead atoms. The van der Waals surface area contributed by atoms with Gasteiger partial charge in [0.25, 0.3) is 0 Å². The van der Waals surface area contributed by atoms with Gasteiger partial charge in [-0.15, -0.1) is 0 Å². The van der Waals surface area contributed by atoms with E-state index in [1.165, 1.54) is 7.11 Å². The first-order chi connectivity index (χ1) is 7.92. The first kappa shape index (κ1) is 12.3. The zero-order valence-corrected chi connectivity index (χ0v) is 11.0. The van der Waals surface area contributed by atoms with E-state index in [1.54, 1.807) is 6.07 Å². The second kappa shape index (κ2) is 4.23. The quantitative estimate of drug-likeness (QED) is 0.806. The van der Waals surface area contributed by atoms with Crippen LogP contribution in [0.15, 0.2) is 24.4 Å². The molecule has 4 nitrogen and oxygen atoms in total. The zero-order valence-electron chi connectivity index (χ0n) is 9.47. The van der Waals surface area contributed by atoms with Gasteiger partial charge in [-0.3, -0.25) is 0 Å². The van der Waals surface area contributed by atoms with Crippen molar-refractivity contribution in [3.63, 3.8) is 0 Å². The lowest BCUT2D eigenvalue weighted by molar-refractivity contribution is 0.412. The highest BCUT2D eigenvalue weighted by Gasteiger charge is 2.16. The molecule has 0 aliphatic heterocycles. The molecule has 0 amide bonds. The van der Waals surface area contributed by atoms with Gasteiger partial charge >= 0.3 is 0 Å². The highest BCUT2D eigenvalue weighted by Crippen LogP contribution is 2.30. The number of methoxy groups -OCH3 is 1. The minimum Gasteiger partial charge on any atom is -0.496 e. The summed E-state index contributed by atoms with van der Waals surface area (Å²) in [5.41, 5.74) is 1.54. The lowest BCUT2D eigenvalue weighted by Crippen LogP contribution is -1.99. The Morgan fingerprint density at radius 3 is 2.65 bits per heavy atom. The second-order valence-electron chi connectivity index (χ2n) is 3.79. The van der Waals surface area contributed by atoms with Crippen molar-refractivity contribution in [2.24, 2.45) is 7.05 Å². The number of benzene rings is 1. The molecular weight excluding hydrogens is 262 g/mol. The second-order valence-corrected chi connectivity index (χ2v) is 6.57. The van der Waals surface area contributed by atoms with Crippen LogP contribution in [0.1, 0.15) is 5.56 Å². The summed E-state index contributed by atoms with van der Waals surface area (Å²) in [4.78, 5) is 0. The summed E-state index contributed by atoms with van der Waals surface area (Å²) in [7, 11) is 5.11. The summed E-state index contributed by atoms with van der Waals surface area (Å²) in [6.07, 6.45) is 1.87. The maximum atomic E-state index is 11.2. The van der Waals surface area contributed by atoms with Gasteiger partial charge in [-0.2, -0.15) is 0 Å². The molecular formula is C11H12ClNO3S. The maximum absolute atomic E-state index is 11.2. The summed E-state index contributed by atoms with van der Waals surface area (Å²) in [6.45, 7) is 0. The molecule has 0 aliphatic rings. The van der Waals surface area contributed by atoms with Crippen molar-refractivity contribution in [1.82, 2.24) is 4.57 Å². The predicted molar refractivity (Wildman–Crippen MR) is 67.9 cm³/mol. The predicted octanol–water partition coefficient (Wildman–Crippen LogP) is 2.26.